The summed E-state index contributed by atoms with van der Waals surface area (Å²) in [6, 6.07) is 13.4. The molecule has 0 aliphatic heterocycles. The van der Waals surface area contributed by atoms with Crippen LogP contribution in [0.4, 0.5) is 11.4 Å². The van der Waals surface area contributed by atoms with Crippen molar-refractivity contribution in [3.05, 3.63) is 93.1 Å². The van der Waals surface area contributed by atoms with Gasteiger partial charge in [0.05, 0.1) is 40.9 Å². The maximum atomic E-state index is 13.4. The number of ketones is 2. The van der Waals surface area contributed by atoms with Crippen LogP contribution in [0.1, 0.15) is 31.8 Å². The Labute approximate surface area is 325 Å². The van der Waals surface area contributed by atoms with E-state index in [0.29, 0.717) is 50.6 Å². The third-order valence-electron chi connectivity index (χ3n) is 8.18. The van der Waals surface area contributed by atoms with Gasteiger partial charge >= 0.3 is 0 Å². The van der Waals surface area contributed by atoms with Crippen LogP contribution in [0.15, 0.2) is 69.9 Å². The highest BCUT2D eigenvalue weighted by atomic mass is 35.5. The minimum absolute atomic E-state index is 0. The summed E-state index contributed by atoms with van der Waals surface area (Å²) in [6.45, 7) is 2.81. The predicted octanol–water partition coefficient (Wildman–Crippen LogP) is 2.99. The van der Waals surface area contributed by atoms with Gasteiger partial charge in [-0.15, -0.1) is 24.8 Å². The Bertz CT molecular complexity index is 2150. The molecular formula is C37H40Cl2N4O12. The number of nitrogens with one attached hydrogen (secondary N) is 4. The molecule has 0 atom stereocenters. The van der Waals surface area contributed by atoms with E-state index in [1.165, 1.54) is 42.5 Å². The van der Waals surface area contributed by atoms with E-state index in [4.69, 9.17) is 14.6 Å². The molecule has 5 aromatic rings. The Morgan fingerprint density at radius 1 is 0.527 bits per heavy atom. The number of aliphatic hydroxyl groups is 2. The lowest BCUT2D eigenvalue weighted by Crippen LogP contribution is -2.28. The third kappa shape index (κ3) is 9.50. The van der Waals surface area contributed by atoms with E-state index in [2.05, 4.69) is 21.3 Å². The molecule has 4 aromatic carbocycles. The number of anilines is 2. The van der Waals surface area contributed by atoms with Gasteiger partial charge in [-0.2, -0.15) is 0 Å². The Morgan fingerprint density at radius 3 is 1.53 bits per heavy atom. The summed E-state index contributed by atoms with van der Waals surface area (Å²) in [5.41, 5.74) is 0.335. The van der Waals surface area contributed by atoms with E-state index in [9.17, 15) is 45.0 Å². The molecule has 1 aliphatic carbocycles. The number of fused-ring (bicyclic) bond motifs is 3. The fourth-order valence-corrected chi connectivity index (χ4v) is 5.67. The highest BCUT2D eigenvalue weighted by Crippen LogP contribution is 2.42. The number of carbonyl (C=O) groups is 2. The molecule has 0 bridgehead atoms. The van der Waals surface area contributed by atoms with Crippen molar-refractivity contribution in [1.29, 1.82) is 0 Å². The summed E-state index contributed by atoms with van der Waals surface area (Å²) >= 11 is 0. The molecule has 55 heavy (non-hydrogen) atoms. The molecule has 0 saturated carbocycles. The molecule has 18 heteroatoms. The van der Waals surface area contributed by atoms with Gasteiger partial charge in [0.2, 0.25) is 22.7 Å². The summed E-state index contributed by atoms with van der Waals surface area (Å²) in [5.74, 6) is -3.47. The maximum Gasteiger partial charge on any atom is 0.235 e. The smallest absolute Gasteiger partial charge is 0.235 e. The van der Waals surface area contributed by atoms with Crippen molar-refractivity contribution in [1.82, 2.24) is 10.6 Å². The molecule has 0 saturated heterocycles. The normalized spacial score (nSPS) is 11.4. The second-order valence-corrected chi connectivity index (χ2v) is 11.7. The first kappa shape index (κ1) is 43.7. The van der Waals surface area contributed by atoms with Gasteiger partial charge in [0.1, 0.15) is 22.8 Å². The summed E-state index contributed by atoms with van der Waals surface area (Å²) in [4.78, 5) is 38.8. The first-order valence-electron chi connectivity index (χ1n) is 16.4. The van der Waals surface area contributed by atoms with E-state index in [0.717, 1.165) is 6.07 Å². The first-order valence-corrected chi connectivity index (χ1v) is 16.4. The lowest BCUT2D eigenvalue weighted by molar-refractivity contribution is 0.0975. The van der Waals surface area contributed by atoms with Crippen molar-refractivity contribution in [3.63, 3.8) is 0 Å². The monoisotopic (exact) mass is 802 g/mol. The molecule has 0 unspecified atom stereocenters. The van der Waals surface area contributed by atoms with Crippen LogP contribution in [0.2, 0.25) is 0 Å². The van der Waals surface area contributed by atoms with Crippen LogP contribution >= 0.6 is 24.8 Å². The van der Waals surface area contributed by atoms with Crippen LogP contribution in [0.5, 0.6) is 34.5 Å². The maximum absolute atomic E-state index is 13.4. The average molecular weight is 804 g/mol. The molecule has 1 aromatic heterocycles. The van der Waals surface area contributed by atoms with Crippen molar-refractivity contribution < 1.29 is 54.9 Å². The molecular weight excluding hydrogens is 763 g/mol. The number of phenolic OH excluding ortho intramolecular Hbond substituents is 5. The van der Waals surface area contributed by atoms with Crippen molar-refractivity contribution in [2.24, 2.45) is 0 Å². The van der Waals surface area contributed by atoms with Crippen molar-refractivity contribution in [2.75, 3.05) is 63.1 Å². The summed E-state index contributed by atoms with van der Waals surface area (Å²) in [5, 5.41) is 88.9. The van der Waals surface area contributed by atoms with Crippen LogP contribution in [-0.4, -0.2) is 105 Å². The lowest BCUT2D eigenvalue weighted by Gasteiger charge is -2.25. The Balaban J connectivity index is 0.000000307. The van der Waals surface area contributed by atoms with Crippen LogP contribution in [-0.2, 0) is 0 Å². The minimum atomic E-state index is -0.654. The van der Waals surface area contributed by atoms with E-state index >= 15 is 0 Å². The number of phenols is 5. The number of aromatic hydroxyl groups is 6. The Hall–Kier alpha value is -5.75. The number of halogens is 2. The summed E-state index contributed by atoms with van der Waals surface area (Å²) in [7, 11) is 0. The second kappa shape index (κ2) is 19.5. The van der Waals surface area contributed by atoms with Gasteiger partial charge in [-0.1, -0.05) is 0 Å². The zero-order valence-corrected chi connectivity index (χ0v) is 30.6. The standard InChI is InChI=1S/C22H28N4O6.C15H10O6.2ClH/c27-11-9-23-5-7-25-13-1-2-14(26-8-6-24-10-12-28)18-17(13)21(31)19-15(29)3-4-16(30)20(19)22(18)32;16-8-2-3-9-12(6-8)21-15(14(20)13(9)19)7-1-4-10(17)11(18)5-7;;/h1-4,23-30H,5-12H2;1-6,16-18,20H;2*1H. The fraction of sp³-hybridized carbons (Fsp3) is 0.216. The van der Waals surface area contributed by atoms with E-state index in [1.54, 1.807) is 12.1 Å². The fourth-order valence-electron chi connectivity index (χ4n) is 5.67. The molecule has 6 rings (SSSR count). The molecule has 294 valence electrons. The second-order valence-electron chi connectivity index (χ2n) is 11.7. The van der Waals surface area contributed by atoms with Crippen LogP contribution < -0.4 is 26.7 Å². The number of rotatable bonds is 13. The van der Waals surface area contributed by atoms with Gasteiger partial charge < -0.3 is 66.5 Å². The quantitative estimate of drug-likeness (QED) is 0.0454. The molecule has 0 fully saturated rings. The SMILES string of the molecule is Cl.Cl.O=C1c2c(O)ccc(O)c2C(=O)c2c(NCCNCCO)ccc(NCCNCCO)c21.O=c1c(O)c(-c2ccc(O)c(O)c2)oc2cc(O)ccc12. The number of hydrogen-bond donors (Lipinski definition) is 12. The molecule has 0 radical (unpaired) electrons. The number of benzene rings is 4. The van der Waals surface area contributed by atoms with Crippen LogP contribution in [0.25, 0.3) is 22.3 Å². The molecule has 0 spiro atoms. The third-order valence-corrected chi connectivity index (χ3v) is 8.18. The van der Waals surface area contributed by atoms with Crippen molar-refractivity contribution >= 4 is 58.7 Å². The van der Waals surface area contributed by atoms with Crippen molar-refractivity contribution in [2.45, 2.75) is 0 Å². The minimum Gasteiger partial charge on any atom is -0.508 e. The van der Waals surface area contributed by atoms with E-state index in [1.807, 2.05) is 0 Å². The van der Waals surface area contributed by atoms with Gasteiger partial charge in [-0.25, -0.2) is 0 Å². The highest BCUT2D eigenvalue weighted by molar-refractivity contribution is 6.33. The van der Waals surface area contributed by atoms with Crippen molar-refractivity contribution in [3.8, 4) is 45.8 Å². The molecule has 0 amide bonds. The predicted molar refractivity (Wildman–Crippen MR) is 209 cm³/mol. The van der Waals surface area contributed by atoms with Crippen LogP contribution in [0, 0.1) is 0 Å². The van der Waals surface area contributed by atoms with E-state index < -0.39 is 28.5 Å². The lowest BCUT2D eigenvalue weighted by atomic mass is 9.81. The number of carbonyl (C=O) groups excluding carboxylic acids is 2. The van der Waals surface area contributed by atoms with Gasteiger partial charge in [0, 0.05) is 62.3 Å². The molecule has 1 heterocycles. The Kier molecular flexibility index (Phi) is 15.5. The Morgan fingerprint density at radius 2 is 1.04 bits per heavy atom. The molecule has 16 nitrogen and oxygen atoms in total. The number of aliphatic hydroxyl groups excluding tert-OH is 2. The average Bonchev–Trinajstić information content (AvgIpc) is 3.14. The molecule has 1 aliphatic rings. The molecule has 12 N–H and O–H groups in total. The number of hydrogen-bond acceptors (Lipinski definition) is 16. The zero-order chi connectivity index (χ0) is 38.2. The van der Waals surface area contributed by atoms with Gasteiger partial charge in [-0.3, -0.25) is 14.4 Å². The summed E-state index contributed by atoms with van der Waals surface area (Å²) in [6.07, 6.45) is 0. The van der Waals surface area contributed by atoms with Gasteiger partial charge in [0.15, 0.2) is 17.3 Å². The topological polar surface area (TPSA) is 274 Å². The first-order chi connectivity index (χ1) is 25.5. The zero-order valence-electron chi connectivity index (χ0n) is 29.0. The largest absolute Gasteiger partial charge is 0.508 e. The van der Waals surface area contributed by atoms with Gasteiger partial charge in [0.25, 0.3) is 0 Å². The summed E-state index contributed by atoms with van der Waals surface area (Å²) < 4.78 is 5.43. The highest BCUT2D eigenvalue weighted by Gasteiger charge is 2.38. The van der Waals surface area contributed by atoms with Crippen LogP contribution in [0.3, 0.4) is 0 Å². The van der Waals surface area contributed by atoms with E-state index in [-0.39, 0.29) is 106 Å². The van der Waals surface area contributed by atoms with Gasteiger partial charge in [-0.05, 0) is 54.6 Å².